The van der Waals surface area contributed by atoms with Crippen molar-refractivity contribution in [1.82, 2.24) is 15.6 Å². The molecule has 0 radical (unpaired) electrons. The lowest BCUT2D eigenvalue weighted by Crippen LogP contribution is -2.33. The minimum Gasteiger partial charge on any atom is -0.355 e. The highest BCUT2D eigenvalue weighted by Gasteiger charge is 2.01. The number of aromatic nitrogens is 1. The van der Waals surface area contributed by atoms with E-state index in [0.29, 0.717) is 17.4 Å². The van der Waals surface area contributed by atoms with E-state index in [1.807, 2.05) is 6.92 Å². The maximum atomic E-state index is 11.2. The predicted molar refractivity (Wildman–Crippen MR) is 62.1 cm³/mol. The van der Waals surface area contributed by atoms with E-state index in [1.165, 1.54) is 11.3 Å². The number of hydrogen-bond acceptors (Lipinski definition) is 4. The average molecular weight is 248 g/mol. The van der Waals surface area contributed by atoms with Crippen LogP contribution in [0.5, 0.6) is 0 Å². The first kappa shape index (κ1) is 12.4. The summed E-state index contributed by atoms with van der Waals surface area (Å²) in [6, 6.07) is 0. The maximum Gasteiger partial charge on any atom is 0.233 e. The monoisotopic (exact) mass is 247 g/mol. The predicted octanol–water partition coefficient (Wildman–Crippen LogP) is 1.41. The van der Waals surface area contributed by atoms with Crippen molar-refractivity contribution < 1.29 is 4.79 Å². The largest absolute Gasteiger partial charge is 0.355 e. The summed E-state index contributed by atoms with van der Waals surface area (Å²) in [5.41, 5.74) is 0. The number of hydrogen-bond donors (Lipinski definition) is 2. The number of halogens is 1. The molecule has 1 aromatic heterocycles. The summed E-state index contributed by atoms with van der Waals surface area (Å²) in [5.74, 6) is 0.0134. The summed E-state index contributed by atoms with van der Waals surface area (Å²) in [6.07, 6.45) is 2.56. The van der Waals surface area contributed by atoms with Gasteiger partial charge in [0.1, 0.15) is 9.34 Å². The topological polar surface area (TPSA) is 54.0 Å². The molecule has 0 spiro atoms. The minimum atomic E-state index is 0.0134. The molecular formula is C9H14ClN3OS. The molecule has 0 aliphatic heterocycles. The molecule has 6 heteroatoms. The first-order chi connectivity index (χ1) is 7.22. The first-order valence-corrected chi connectivity index (χ1v) is 5.99. The fourth-order valence-electron chi connectivity index (χ4n) is 0.980. The van der Waals surface area contributed by atoms with Crippen molar-refractivity contribution in [2.24, 2.45) is 0 Å². The van der Waals surface area contributed by atoms with Crippen LogP contribution >= 0.6 is 22.9 Å². The van der Waals surface area contributed by atoms with Gasteiger partial charge in [-0.3, -0.25) is 4.79 Å². The molecule has 0 aliphatic carbocycles. The summed E-state index contributed by atoms with van der Waals surface area (Å²) in [7, 11) is 0. The molecule has 2 N–H and O–H groups in total. The maximum absolute atomic E-state index is 11.2. The van der Waals surface area contributed by atoms with E-state index in [1.54, 1.807) is 6.20 Å². The molecule has 0 aliphatic rings. The van der Waals surface area contributed by atoms with Gasteiger partial charge in [0, 0.05) is 13.1 Å². The highest BCUT2D eigenvalue weighted by atomic mass is 35.5. The van der Waals surface area contributed by atoms with E-state index in [4.69, 9.17) is 11.6 Å². The van der Waals surface area contributed by atoms with E-state index < -0.39 is 0 Å². The van der Waals surface area contributed by atoms with E-state index in [-0.39, 0.29) is 5.91 Å². The molecule has 0 atom stereocenters. The molecule has 1 rings (SSSR count). The van der Waals surface area contributed by atoms with Gasteiger partial charge in [-0.05, 0) is 6.42 Å². The first-order valence-electron chi connectivity index (χ1n) is 4.80. The normalized spacial score (nSPS) is 10.3. The molecule has 0 bridgehead atoms. The van der Waals surface area contributed by atoms with Gasteiger partial charge in [-0.1, -0.05) is 18.5 Å². The molecule has 1 aromatic rings. The number of carbonyl (C=O) groups excluding carboxylic acids is 1. The summed E-state index contributed by atoms with van der Waals surface area (Å²) < 4.78 is 0.669. The van der Waals surface area contributed by atoms with Gasteiger partial charge in [0.15, 0.2) is 0 Å². The molecule has 1 amide bonds. The standard InChI is InChI=1S/C9H14ClN3OS/c1-2-3-12-8(14)5-11-6-9-13-4-7(10)15-9/h4,11H,2-3,5-6H2,1H3,(H,12,14). The third-order valence-corrected chi connectivity index (χ3v) is 2.77. The van der Waals surface area contributed by atoms with E-state index in [0.717, 1.165) is 18.0 Å². The van der Waals surface area contributed by atoms with Crippen molar-refractivity contribution in [3.8, 4) is 0 Å². The lowest BCUT2D eigenvalue weighted by Gasteiger charge is -2.03. The Kier molecular flexibility index (Phi) is 5.60. The summed E-state index contributed by atoms with van der Waals surface area (Å²) in [6.45, 7) is 3.64. The van der Waals surface area contributed by atoms with Crippen LogP contribution in [-0.2, 0) is 11.3 Å². The quantitative estimate of drug-likeness (QED) is 0.799. The summed E-state index contributed by atoms with van der Waals surface area (Å²) in [5, 5.41) is 6.67. The molecular weight excluding hydrogens is 234 g/mol. The number of nitrogens with zero attached hydrogens (tertiary/aromatic N) is 1. The number of rotatable bonds is 6. The Hall–Kier alpha value is -0.650. The minimum absolute atomic E-state index is 0.0134. The second-order valence-electron chi connectivity index (χ2n) is 3.01. The number of carbonyl (C=O) groups is 1. The molecule has 84 valence electrons. The second kappa shape index (κ2) is 6.76. The van der Waals surface area contributed by atoms with E-state index >= 15 is 0 Å². The van der Waals surface area contributed by atoms with Crippen molar-refractivity contribution in [1.29, 1.82) is 0 Å². The van der Waals surface area contributed by atoms with Crippen LogP contribution in [0, 0.1) is 0 Å². The Morgan fingerprint density at radius 2 is 2.47 bits per heavy atom. The van der Waals surface area contributed by atoms with Crippen molar-refractivity contribution in [3.05, 3.63) is 15.5 Å². The van der Waals surface area contributed by atoms with E-state index in [9.17, 15) is 4.79 Å². The van der Waals surface area contributed by atoms with Crippen LogP contribution in [0.1, 0.15) is 18.4 Å². The van der Waals surface area contributed by atoms with Gasteiger partial charge >= 0.3 is 0 Å². The molecule has 0 aromatic carbocycles. The molecule has 1 heterocycles. The molecule has 15 heavy (non-hydrogen) atoms. The van der Waals surface area contributed by atoms with Gasteiger partial charge in [-0.15, -0.1) is 11.3 Å². The molecule has 0 fully saturated rings. The Labute approximate surface area is 98.0 Å². The van der Waals surface area contributed by atoms with E-state index in [2.05, 4.69) is 15.6 Å². The Morgan fingerprint density at radius 1 is 1.67 bits per heavy atom. The van der Waals surface area contributed by atoms with Gasteiger partial charge in [0.2, 0.25) is 5.91 Å². The van der Waals surface area contributed by atoms with Gasteiger partial charge in [-0.2, -0.15) is 0 Å². The van der Waals surface area contributed by atoms with Crippen molar-refractivity contribution in [2.45, 2.75) is 19.9 Å². The van der Waals surface area contributed by atoms with Gasteiger partial charge < -0.3 is 10.6 Å². The number of nitrogens with one attached hydrogen (secondary N) is 2. The zero-order valence-electron chi connectivity index (χ0n) is 8.55. The fraction of sp³-hybridized carbons (Fsp3) is 0.556. The molecule has 4 nitrogen and oxygen atoms in total. The molecule has 0 saturated heterocycles. The lowest BCUT2D eigenvalue weighted by atomic mass is 10.4. The molecule has 0 unspecified atom stereocenters. The second-order valence-corrected chi connectivity index (χ2v) is 4.76. The van der Waals surface area contributed by atoms with Crippen LogP contribution in [-0.4, -0.2) is 24.0 Å². The average Bonchev–Trinajstić information content (AvgIpc) is 2.61. The van der Waals surface area contributed by atoms with Crippen molar-refractivity contribution in [3.63, 3.8) is 0 Å². The third-order valence-electron chi connectivity index (χ3n) is 1.66. The van der Waals surface area contributed by atoms with Crippen LogP contribution in [0.15, 0.2) is 6.20 Å². The Bertz CT molecular complexity index is 316. The fourth-order valence-corrected chi connectivity index (χ4v) is 1.91. The highest BCUT2D eigenvalue weighted by molar-refractivity contribution is 7.15. The smallest absolute Gasteiger partial charge is 0.233 e. The van der Waals surface area contributed by atoms with Gasteiger partial charge in [0.25, 0.3) is 0 Å². The van der Waals surface area contributed by atoms with Crippen LogP contribution in [0.25, 0.3) is 0 Å². The SMILES string of the molecule is CCCNC(=O)CNCc1ncc(Cl)s1. The van der Waals surface area contributed by atoms with Crippen LogP contribution in [0.2, 0.25) is 4.34 Å². The zero-order valence-corrected chi connectivity index (χ0v) is 10.1. The molecule has 0 saturated carbocycles. The number of amides is 1. The van der Waals surface area contributed by atoms with Crippen LogP contribution < -0.4 is 10.6 Å². The third kappa shape index (κ3) is 5.11. The zero-order chi connectivity index (χ0) is 11.1. The van der Waals surface area contributed by atoms with Crippen LogP contribution in [0.4, 0.5) is 0 Å². The van der Waals surface area contributed by atoms with Crippen molar-refractivity contribution in [2.75, 3.05) is 13.1 Å². The highest BCUT2D eigenvalue weighted by Crippen LogP contribution is 2.17. The van der Waals surface area contributed by atoms with Gasteiger partial charge in [-0.25, -0.2) is 4.98 Å². The summed E-state index contributed by atoms with van der Waals surface area (Å²) in [4.78, 5) is 15.2. The van der Waals surface area contributed by atoms with Gasteiger partial charge in [0.05, 0.1) is 12.7 Å². The summed E-state index contributed by atoms with van der Waals surface area (Å²) >= 11 is 7.14. The van der Waals surface area contributed by atoms with Crippen molar-refractivity contribution >= 4 is 28.8 Å². The lowest BCUT2D eigenvalue weighted by molar-refractivity contribution is -0.120. The van der Waals surface area contributed by atoms with Crippen LogP contribution in [0.3, 0.4) is 0 Å². The Morgan fingerprint density at radius 3 is 3.07 bits per heavy atom. The number of thiazole rings is 1. The Balaban J connectivity index is 2.13.